The largest absolute Gasteiger partial charge is 0.338 e. The number of rotatable bonds is 6. The number of nitrogens with zero attached hydrogens (tertiary/aromatic N) is 2. The van der Waals surface area contributed by atoms with Crippen LogP contribution in [-0.2, 0) is 6.54 Å². The van der Waals surface area contributed by atoms with Gasteiger partial charge in [0.2, 0.25) is 0 Å². The molecule has 2 aliphatic heterocycles. The van der Waals surface area contributed by atoms with E-state index >= 15 is 0 Å². The Hall–Kier alpha value is -1.59. The Morgan fingerprint density at radius 3 is 2.56 bits per heavy atom. The van der Waals surface area contributed by atoms with Crippen LogP contribution >= 0.6 is 0 Å². The van der Waals surface area contributed by atoms with Crippen molar-refractivity contribution in [3.8, 4) is 0 Å². The van der Waals surface area contributed by atoms with E-state index in [1.807, 2.05) is 0 Å². The first kappa shape index (κ1) is 20.2. The van der Waals surface area contributed by atoms with Crippen LogP contribution in [-0.4, -0.2) is 60.6 Å². The lowest BCUT2D eigenvalue weighted by Crippen LogP contribution is -2.49. The third-order valence-corrected chi connectivity index (χ3v) is 6.00. The van der Waals surface area contributed by atoms with Crippen LogP contribution in [0.15, 0.2) is 30.3 Å². The van der Waals surface area contributed by atoms with Gasteiger partial charge in [-0.1, -0.05) is 30.3 Å². The third kappa shape index (κ3) is 6.51. The van der Waals surface area contributed by atoms with E-state index in [9.17, 15) is 4.79 Å². The lowest BCUT2D eigenvalue weighted by Gasteiger charge is -2.35. The molecule has 0 aromatic heterocycles. The number of carbonyl (C=O) groups is 1. The Kier molecular flexibility index (Phi) is 7.53. The minimum atomic E-state index is 0.0122. The van der Waals surface area contributed by atoms with Gasteiger partial charge >= 0.3 is 6.03 Å². The summed E-state index contributed by atoms with van der Waals surface area (Å²) in [5.74, 6) is 0.583. The van der Waals surface area contributed by atoms with Crippen LogP contribution in [0.2, 0.25) is 0 Å². The van der Waals surface area contributed by atoms with Crippen molar-refractivity contribution in [1.82, 2.24) is 20.4 Å². The van der Waals surface area contributed by atoms with Gasteiger partial charge in [0.05, 0.1) is 0 Å². The maximum Gasteiger partial charge on any atom is 0.315 e. The van der Waals surface area contributed by atoms with Crippen molar-refractivity contribution in [3.63, 3.8) is 0 Å². The summed E-state index contributed by atoms with van der Waals surface area (Å²) in [5.41, 5.74) is 1.37. The number of amides is 2. The van der Waals surface area contributed by atoms with Crippen molar-refractivity contribution >= 4 is 6.03 Å². The summed E-state index contributed by atoms with van der Waals surface area (Å²) >= 11 is 0. The first-order chi connectivity index (χ1) is 13.1. The number of benzene rings is 1. The van der Waals surface area contributed by atoms with Crippen LogP contribution in [0.5, 0.6) is 0 Å². The SMILES string of the molecule is CC(C)N1CCCC(CNC(=O)NC2CCN(Cc3ccccc3)CC2)C1. The predicted molar refractivity (Wildman–Crippen MR) is 111 cm³/mol. The topological polar surface area (TPSA) is 47.6 Å². The molecule has 1 unspecified atom stereocenters. The summed E-state index contributed by atoms with van der Waals surface area (Å²) < 4.78 is 0. The summed E-state index contributed by atoms with van der Waals surface area (Å²) in [6, 6.07) is 11.5. The molecule has 3 rings (SSSR count). The predicted octanol–water partition coefficient (Wildman–Crippen LogP) is 3.07. The van der Waals surface area contributed by atoms with Gasteiger partial charge in [-0.3, -0.25) is 4.90 Å². The molecule has 0 spiro atoms. The molecule has 1 aromatic rings. The Bertz CT molecular complexity index is 569. The monoisotopic (exact) mass is 372 g/mol. The minimum Gasteiger partial charge on any atom is -0.338 e. The number of urea groups is 1. The molecule has 150 valence electrons. The molecule has 2 fully saturated rings. The first-order valence-corrected chi connectivity index (χ1v) is 10.6. The molecule has 27 heavy (non-hydrogen) atoms. The normalized spacial score (nSPS) is 22.7. The van der Waals surface area contributed by atoms with Gasteiger partial charge in [0.25, 0.3) is 0 Å². The van der Waals surface area contributed by atoms with Gasteiger partial charge in [-0.2, -0.15) is 0 Å². The second kappa shape index (κ2) is 10.1. The van der Waals surface area contributed by atoms with Gasteiger partial charge in [-0.25, -0.2) is 4.79 Å². The van der Waals surface area contributed by atoms with Crippen LogP contribution in [0, 0.1) is 5.92 Å². The quantitative estimate of drug-likeness (QED) is 0.807. The van der Waals surface area contributed by atoms with Crippen molar-refractivity contribution in [1.29, 1.82) is 0 Å². The highest BCUT2D eigenvalue weighted by molar-refractivity contribution is 5.74. The van der Waals surface area contributed by atoms with Crippen LogP contribution in [0.3, 0.4) is 0 Å². The molecule has 0 aliphatic carbocycles. The van der Waals surface area contributed by atoms with E-state index < -0.39 is 0 Å². The fraction of sp³-hybridized carbons (Fsp3) is 0.682. The number of nitrogens with one attached hydrogen (secondary N) is 2. The molecule has 5 heteroatoms. The Morgan fingerprint density at radius 1 is 1.11 bits per heavy atom. The van der Waals surface area contributed by atoms with E-state index in [4.69, 9.17) is 0 Å². The van der Waals surface area contributed by atoms with Crippen molar-refractivity contribution in [2.45, 2.75) is 58.2 Å². The average molecular weight is 373 g/mol. The molecule has 2 aliphatic rings. The highest BCUT2D eigenvalue weighted by atomic mass is 16.2. The number of hydrogen-bond donors (Lipinski definition) is 2. The highest BCUT2D eigenvalue weighted by Crippen LogP contribution is 2.18. The Labute approximate surface area is 164 Å². The smallest absolute Gasteiger partial charge is 0.315 e. The molecule has 0 radical (unpaired) electrons. The summed E-state index contributed by atoms with van der Waals surface area (Å²) in [7, 11) is 0. The lowest BCUT2D eigenvalue weighted by atomic mass is 9.97. The van der Waals surface area contributed by atoms with E-state index in [2.05, 4.69) is 64.6 Å². The van der Waals surface area contributed by atoms with Gasteiger partial charge in [-0.05, 0) is 57.6 Å². The van der Waals surface area contributed by atoms with Crippen LogP contribution in [0.25, 0.3) is 0 Å². The molecule has 2 amide bonds. The van der Waals surface area contributed by atoms with Crippen LogP contribution in [0.4, 0.5) is 4.79 Å². The number of piperidine rings is 2. The number of hydrogen-bond acceptors (Lipinski definition) is 3. The zero-order valence-electron chi connectivity index (χ0n) is 17.0. The molecule has 0 bridgehead atoms. The Balaban J connectivity index is 1.32. The second-order valence-electron chi connectivity index (χ2n) is 8.49. The molecule has 2 saturated heterocycles. The molecular formula is C22H36N4O. The molecule has 1 aromatic carbocycles. The van der Waals surface area contributed by atoms with Crippen LogP contribution in [0.1, 0.15) is 45.1 Å². The molecule has 0 saturated carbocycles. The van der Waals surface area contributed by atoms with Crippen molar-refractivity contribution in [2.24, 2.45) is 5.92 Å². The lowest BCUT2D eigenvalue weighted by molar-refractivity contribution is 0.138. The zero-order chi connectivity index (χ0) is 19.1. The second-order valence-corrected chi connectivity index (χ2v) is 8.49. The van der Waals surface area contributed by atoms with Gasteiger partial charge in [0.15, 0.2) is 0 Å². The van der Waals surface area contributed by atoms with Gasteiger partial charge < -0.3 is 15.5 Å². The van der Waals surface area contributed by atoms with Gasteiger partial charge in [0.1, 0.15) is 0 Å². The van der Waals surface area contributed by atoms with Crippen molar-refractivity contribution < 1.29 is 4.79 Å². The van der Waals surface area contributed by atoms with Crippen molar-refractivity contribution in [3.05, 3.63) is 35.9 Å². The van der Waals surface area contributed by atoms with E-state index in [1.54, 1.807) is 0 Å². The third-order valence-electron chi connectivity index (χ3n) is 6.00. The van der Waals surface area contributed by atoms with E-state index in [0.717, 1.165) is 45.6 Å². The fourth-order valence-electron chi connectivity index (χ4n) is 4.28. The molecular weight excluding hydrogens is 336 g/mol. The van der Waals surface area contributed by atoms with E-state index in [-0.39, 0.29) is 6.03 Å². The first-order valence-electron chi connectivity index (χ1n) is 10.6. The zero-order valence-corrected chi connectivity index (χ0v) is 17.0. The Morgan fingerprint density at radius 2 is 1.85 bits per heavy atom. The fourth-order valence-corrected chi connectivity index (χ4v) is 4.28. The average Bonchev–Trinajstić information content (AvgIpc) is 2.69. The van der Waals surface area contributed by atoms with E-state index in [0.29, 0.717) is 18.0 Å². The standard InChI is InChI=1S/C22H36N4O/c1-18(2)26-12-6-9-20(17-26)15-23-22(27)24-21-10-13-25(14-11-21)16-19-7-4-3-5-8-19/h3-5,7-8,18,20-21H,6,9-17H2,1-2H3,(H2,23,24,27). The maximum atomic E-state index is 12.3. The summed E-state index contributed by atoms with van der Waals surface area (Å²) in [5, 5.41) is 6.31. The summed E-state index contributed by atoms with van der Waals surface area (Å²) in [6.45, 7) is 10.7. The van der Waals surface area contributed by atoms with Crippen molar-refractivity contribution in [2.75, 3.05) is 32.7 Å². The van der Waals surface area contributed by atoms with E-state index in [1.165, 1.54) is 24.9 Å². The summed E-state index contributed by atoms with van der Waals surface area (Å²) in [6.07, 6.45) is 4.53. The van der Waals surface area contributed by atoms with Gasteiger partial charge in [0, 0.05) is 44.8 Å². The van der Waals surface area contributed by atoms with Gasteiger partial charge in [-0.15, -0.1) is 0 Å². The molecule has 2 heterocycles. The molecule has 5 nitrogen and oxygen atoms in total. The number of likely N-dealkylation sites (tertiary alicyclic amines) is 2. The highest BCUT2D eigenvalue weighted by Gasteiger charge is 2.23. The molecule has 2 N–H and O–H groups in total. The minimum absolute atomic E-state index is 0.0122. The summed E-state index contributed by atoms with van der Waals surface area (Å²) in [4.78, 5) is 17.3. The molecule has 1 atom stereocenters. The maximum absolute atomic E-state index is 12.3. The number of carbonyl (C=O) groups excluding carboxylic acids is 1. The van der Waals surface area contributed by atoms with Crippen LogP contribution < -0.4 is 10.6 Å².